The minimum atomic E-state index is -0.519. The molecule has 0 radical (unpaired) electrons. The Morgan fingerprint density at radius 3 is 2.25 bits per heavy atom. The standard InChI is InChI=1S/C23H18ClN3O/c24-19-13-11-17(12-14-19)15-25-16-21-22(18-7-3-1-4-8-18)26-27(23(21)28)20-9-5-2-6-10-20/h1-14,16,21H,15H2/t21-/m0/s1. The first kappa shape index (κ1) is 18.1. The molecule has 4 rings (SSSR count). The van der Waals surface area contributed by atoms with Crippen molar-refractivity contribution in [3.8, 4) is 0 Å². The Kier molecular flexibility index (Phi) is 5.31. The second kappa shape index (κ2) is 8.19. The molecule has 0 aromatic heterocycles. The zero-order chi connectivity index (χ0) is 19.3. The molecule has 0 N–H and O–H groups in total. The number of hydrazone groups is 1. The van der Waals surface area contributed by atoms with E-state index >= 15 is 0 Å². The van der Waals surface area contributed by atoms with Crippen molar-refractivity contribution in [2.75, 3.05) is 5.01 Å². The lowest BCUT2D eigenvalue weighted by atomic mass is 9.98. The van der Waals surface area contributed by atoms with Gasteiger partial charge in [-0.1, -0.05) is 72.3 Å². The van der Waals surface area contributed by atoms with Crippen LogP contribution >= 0.6 is 11.6 Å². The molecular weight excluding hydrogens is 370 g/mol. The quantitative estimate of drug-likeness (QED) is 0.569. The fourth-order valence-electron chi connectivity index (χ4n) is 3.06. The first-order chi connectivity index (χ1) is 13.7. The summed E-state index contributed by atoms with van der Waals surface area (Å²) in [6, 6.07) is 26.7. The molecule has 0 spiro atoms. The van der Waals surface area contributed by atoms with Crippen LogP contribution in [0.1, 0.15) is 11.1 Å². The number of benzene rings is 3. The summed E-state index contributed by atoms with van der Waals surface area (Å²) in [6.45, 7) is 0.481. The first-order valence-corrected chi connectivity index (χ1v) is 9.37. The molecule has 4 nitrogen and oxygen atoms in total. The van der Waals surface area contributed by atoms with Gasteiger partial charge in [-0.05, 0) is 35.4 Å². The number of rotatable bonds is 5. The van der Waals surface area contributed by atoms with Crippen molar-refractivity contribution in [1.82, 2.24) is 0 Å². The van der Waals surface area contributed by atoms with Crippen LogP contribution < -0.4 is 5.01 Å². The predicted molar refractivity (Wildman–Crippen MR) is 114 cm³/mol. The molecule has 0 fully saturated rings. The van der Waals surface area contributed by atoms with Gasteiger partial charge in [0.05, 0.1) is 17.9 Å². The van der Waals surface area contributed by atoms with E-state index in [1.54, 1.807) is 6.21 Å². The highest BCUT2D eigenvalue weighted by atomic mass is 35.5. The van der Waals surface area contributed by atoms with Crippen molar-refractivity contribution in [2.45, 2.75) is 6.54 Å². The SMILES string of the molecule is O=C1[C@@H](C=NCc2ccc(Cl)cc2)C(c2ccccc2)=NN1c1ccccc1. The van der Waals surface area contributed by atoms with Gasteiger partial charge in [-0.25, -0.2) is 0 Å². The maximum atomic E-state index is 13.1. The summed E-state index contributed by atoms with van der Waals surface area (Å²) in [5.41, 5.74) is 3.39. The first-order valence-electron chi connectivity index (χ1n) is 9.00. The summed E-state index contributed by atoms with van der Waals surface area (Å²) in [4.78, 5) is 17.6. The van der Waals surface area contributed by atoms with Crippen molar-refractivity contribution in [1.29, 1.82) is 0 Å². The molecule has 1 aliphatic heterocycles. The number of halogens is 1. The summed E-state index contributed by atoms with van der Waals surface area (Å²) in [6.07, 6.45) is 1.70. The van der Waals surface area contributed by atoms with Crippen LogP contribution in [0.15, 0.2) is 95.0 Å². The van der Waals surface area contributed by atoms with Gasteiger partial charge in [0.1, 0.15) is 5.92 Å². The normalized spacial score (nSPS) is 16.6. The smallest absolute Gasteiger partial charge is 0.262 e. The lowest BCUT2D eigenvalue weighted by Crippen LogP contribution is -2.28. The summed E-state index contributed by atoms with van der Waals surface area (Å²) in [5.74, 6) is -0.625. The topological polar surface area (TPSA) is 45.0 Å². The Balaban J connectivity index is 1.62. The largest absolute Gasteiger partial charge is 0.292 e. The Hall–Kier alpha value is -3.24. The van der Waals surface area contributed by atoms with Crippen molar-refractivity contribution >= 4 is 35.1 Å². The molecule has 138 valence electrons. The van der Waals surface area contributed by atoms with Crippen molar-refractivity contribution in [3.05, 3.63) is 101 Å². The summed E-state index contributed by atoms with van der Waals surface area (Å²) in [7, 11) is 0. The second-order valence-electron chi connectivity index (χ2n) is 6.43. The van der Waals surface area contributed by atoms with E-state index < -0.39 is 5.92 Å². The number of carbonyl (C=O) groups excluding carboxylic acids is 1. The van der Waals surface area contributed by atoms with Gasteiger partial charge < -0.3 is 0 Å². The summed E-state index contributed by atoms with van der Waals surface area (Å²) >= 11 is 5.93. The van der Waals surface area contributed by atoms with Gasteiger partial charge in [0.25, 0.3) is 5.91 Å². The van der Waals surface area contributed by atoms with E-state index in [0.717, 1.165) is 16.8 Å². The van der Waals surface area contributed by atoms with Crippen molar-refractivity contribution in [2.24, 2.45) is 16.0 Å². The molecule has 1 aliphatic rings. The lowest BCUT2D eigenvalue weighted by Gasteiger charge is -2.12. The number of para-hydroxylation sites is 1. The molecule has 1 atom stereocenters. The molecule has 1 amide bonds. The second-order valence-corrected chi connectivity index (χ2v) is 6.87. The zero-order valence-corrected chi connectivity index (χ0v) is 15.8. The van der Waals surface area contributed by atoms with Gasteiger partial charge in [-0.3, -0.25) is 9.79 Å². The van der Waals surface area contributed by atoms with Gasteiger partial charge in [0.15, 0.2) is 0 Å². The van der Waals surface area contributed by atoms with Gasteiger partial charge >= 0.3 is 0 Å². The van der Waals surface area contributed by atoms with Crippen LogP contribution in [0.3, 0.4) is 0 Å². The molecule has 3 aromatic carbocycles. The van der Waals surface area contributed by atoms with E-state index in [1.807, 2.05) is 84.9 Å². The number of amides is 1. The molecule has 0 saturated heterocycles. The highest BCUT2D eigenvalue weighted by Crippen LogP contribution is 2.26. The van der Waals surface area contributed by atoms with Crippen molar-refractivity contribution in [3.63, 3.8) is 0 Å². The Morgan fingerprint density at radius 1 is 0.929 bits per heavy atom. The third-order valence-electron chi connectivity index (χ3n) is 4.49. The number of aliphatic imine (C=N–C) groups is 1. The van der Waals surface area contributed by atoms with Gasteiger partial charge in [-0.15, -0.1) is 0 Å². The Labute approximate surface area is 168 Å². The number of nitrogens with zero attached hydrogens (tertiary/aromatic N) is 3. The van der Waals surface area contributed by atoms with Gasteiger partial charge in [0, 0.05) is 11.2 Å². The van der Waals surface area contributed by atoms with Crippen LogP contribution in [0.25, 0.3) is 0 Å². The highest BCUT2D eigenvalue weighted by molar-refractivity contribution is 6.30. The number of hydrogen-bond donors (Lipinski definition) is 0. The van der Waals surface area contributed by atoms with Crippen LogP contribution in [-0.4, -0.2) is 17.8 Å². The van der Waals surface area contributed by atoms with Gasteiger partial charge in [-0.2, -0.15) is 10.1 Å². The van der Waals surface area contributed by atoms with E-state index in [-0.39, 0.29) is 5.91 Å². The minimum Gasteiger partial charge on any atom is -0.292 e. The van der Waals surface area contributed by atoms with Crippen LogP contribution in [0.5, 0.6) is 0 Å². The van der Waals surface area contributed by atoms with E-state index in [2.05, 4.69) is 10.1 Å². The van der Waals surface area contributed by atoms with E-state index in [9.17, 15) is 4.79 Å². The van der Waals surface area contributed by atoms with Gasteiger partial charge in [0.2, 0.25) is 0 Å². The monoisotopic (exact) mass is 387 g/mol. The lowest BCUT2D eigenvalue weighted by molar-refractivity contribution is -0.118. The predicted octanol–water partition coefficient (Wildman–Crippen LogP) is 4.98. The molecule has 0 unspecified atom stereocenters. The average Bonchev–Trinajstić information content (AvgIpc) is 3.07. The van der Waals surface area contributed by atoms with Crippen molar-refractivity contribution < 1.29 is 4.79 Å². The Bertz CT molecular complexity index is 1010. The molecule has 3 aromatic rings. The average molecular weight is 388 g/mol. The van der Waals surface area contributed by atoms with Crippen LogP contribution in [-0.2, 0) is 11.3 Å². The molecule has 5 heteroatoms. The summed E-state index contributed by atoms with van der Waals surface area (Å²) < 4.78 is 0. The number of hydrogen-bond acceptors (Lipinski definition) is 3. The molecule has 0 aliphatic carbocycles. The molecule has 1 heterocycles. The molecule has 0 bridgehead atoms. The summed E-state index contributed by atoms with van der Waals surface area (Å²) in [5, 5.41) is 6.77. The Morgan fingerprint density at radius 2 is 1.57 bits per heavy atom. The zero-order valence-electron chi connectivity index (χ0n) is 15.1. The minimum absolute atomic E-state index is 0.107. The maximum Gasteiger partial charge on any atom is 0.262 e. The fourth-order valence-corrected chi connectivity index (χ4v) is 3.18. The highest BCUT2D eigenvalue weighted by Gasteiger charge is 2.36. The number of carbonyl (C=O) groups is 1. The molecule has 0 saturated carbocycles. The third kappa shape index (κ3) is 3.87. The fraction of sp³-hybridized carbons (Fsp3) is 0.0870. The molecule has 28 heavy (non-hydrogen) atoms. The van der Waals surface area contributed by atoms with E-state index in [4.69, 9.17) is 11.6 Å². The van der Waals surface area contributed by atoms with Crippen LogP contribution in [0.4, 0.5) is 5.69 Å². The molecular formula is C23H18ClN3O. The van der Waals surface area contributed by atoms with Crippen LogP contribution in [0.2, 0.25) is 5.02 Å². The van der Waals surface area contributed by atoms with E-state index in [1.165, 1.54) is 5.01 Å². The van der Waals surface area contributed by atoms with Crippen LogP contribution in [0, 0.1) is 5.92 Å². The maximum absolute atomic E-state index is 13.1. The van der Waals surface area contributed by atoms with E-state index in [0.29, 0.717) is 17.3 Å². The number of anilines is 1. The third-order valence-corrected chi connectivity index (χ3v) is 4.74.